The second-order valence-electron chi connectivity index (χ2n) is 5.29. The summed E-state index contributed by atoms with van der Waals surface area (Å²) in [5.41, 5.74) is 0.0108. The van der Waals surface area contributed by atoms with E-state index in [9.17, 15) is 0 Å². The normalized spacial score (nSPS) is 20.2. The van der Waals surface area contributed by atoms with Crippen LogP contribution in [0.5, 0.6) is 0 Å². The Labute approximate surface area is 122 Å². The molecule has 1 aliphatic rings. The predicted molar refractivity (Wildman–Crippen MR) is 80.2 cm³/mol. The molecule has 0 saturated carbocycles. The third-order valence-corrected chi connectivity index (χ3v) is 4.73. The molecule has 0 amide bonds. The van der Waals surface area contributed by atoms with Gasteiger partial charge in [-0.1, -0.05) is 0 Å². The van der Waals surface area contributed by atoms with Gasteiger partial charge in [-0.15, -0.1) is 11.3 Å². The van der Waals surface area contributed by atoms with Gasteiger partial charge in [-0.25, -0.2) is 0 Å². The molecular formula is C13H21BrN2OS. The molecule has 2 rings (SSSR count). The molecule has 1 fully saturated rings. The average Bonchev–Trinajstić information content (AvgIpc) is 2.69. The molecule has 18 heavy (non-hydrogen) atoms. The first-order valence-corrected chi connectivity index (χ1v) is 8.02. The summed E-state index contributed by atoms with van der Waals surface area (Å²) in [6, 6.07) is 2.18. The minimum absolute atomic E-state index is 0.0108. The van der Waals surface area contributed by atoms with E-state index in [1.807, 2.05) is 0 Å². The largest absolute Gasteiger partial charge is 0.373 e. The molecule has 1 saturated heterocycles. The van der Waals surface area contributed by atoms with Gasteiger partial charge in [0.15, 0.2) is 0 Å². The van der Waals surface area contributed by atoms with Crippen LogP contribution in [-0.2, 0) is 11.3 Å². The van der Waals surface area contributed by atoms with E-state index >= 15 is 0 Å². The Bertz CT molecular complexity index is 381. The summed E-state index contributed by atoms with van der Waals surface area (Å²) >= 11 is 5.27. The van der Waals surface area contributed by atoms with Gasteiger partial charge in [-0.2, -0.15) is 0 Å². The molecule has 0 unspecified atom stereocenters. The van der Waals surface area contributed by atoms with E-state index in [0.717, 1.165) is 39.3 Å². The number of halogens is 1. The Morgan fingerprint density at radius 1 is 1.56 bits per heavy atom. The summed E-state index contributed by atoms with van der Waals surface area (Å²) in [7, 11) is 0. The van der Waals surface area contributed by atoms with E-state index < -0.39 is 0 Å². The third-order valence-electron chi connectivity index (χ3n) is 3.03. The van der Waals surface area contributed by atoms with Crippen LogP contribution >= 0.6 is 27.3 Å². The standard InChI is InChI=1S/C13H21BrN2OS/c1-13(2)10-16(5-6-17-13)4-3-15-8-12-7-11(14)9-18-12/h7,9,15H,3-6,8,10H2,1-2H3. The van der Waals surface area contributed by atoms with E-state index in [1.165, 1.54) is 9.35 Å². The molecule has 1 aliphatic heterocycles. The molecule has 0 bridgehead atoms. The number of morpholine rings is 1. The van der Waals surface area contributed by atoms with Crippen LogP contribution in [0.1, 0.15) is 18.7 Å². The first kappa shape index (κ1) is 14.5. The Morgan fingerprint density at radius 3 is 3.06 bits per heavy atom. The topological polar surface area (TPSA) is 24.5 Å². The molecular weight excluding hydrogens is 312 g/mol. The maximum absolute atomic E-state index is 5.71. The lowest BCUT2D eigenvalue weighted by molar-refractivity contribution is -0.0854. The minimum atomic E-state index is 0.0108. The smallest absolute Gasteiger partial charge is 0.0753 e. The number of rotatable bonds is 5. The van der Waals surface area contributed by atoms with Gasteiger partial charge in [0.05, 0.1) is 12.2 Å². The van der Waals surface area contributed by atoms with Crippen molar-refractivity contribution in [3.63, 3.8) is 0 Å². The first-order valence-electron chi connectivity index (χ1n) is 6.35. The van der Waals surface area contributed by atoms with E-state index in [4.69, 9.17) is 4.74 Å². The minimum Gasteiger partial charge on any atom is -0.373 e. The van der Waals surface area contributed by atoms with Crippen LogP contribution in [0.4, 0.5) is 0 Å². The highest BCUT2D eigenvalue weighted by molar-refractivity contribution is 9.10. The van der Waals surface area contributed by atoms with Gasteiger partial charge in [0.2, 0.25) is 0 Å². The van der Waals surface area contributed by atoms with Crippen molar-refractivity contribution in [3.05, 3.63) is 20.8 Å². The predicted octanol–water partition coefficient (Wildman–Crippen LogP) is 2.71. The summed E-state index contributed by atoms with van der Waals surface area (Å²) in [5.74, 6) is 0. The van der Waals surface area contributed by atoms with Crippen LogP contribution in [0.3, 0.4) is 0 Å². The van der Waals surface area contributed by atoms with Crippen molar-refractivity contribution < 1.29 is 4.74 Å². The van der Waals surface area contributed by atoms with Gasteiger partial charge >= 0.3 is 0 Å². The second-order valence-corrected chi connectivity index (χ2v) is 7.20. The van der Waals surface area contributed by atoms with Crippen molar-refractivity contribution in [3.8, 4) is 0 Å². The van der Waals surface area contributed by atoms with Crippen LogP contribution in [0.15, 0.2) is 15.9 Å². The van der Waals surface area contributed by atoms with Crippen molar-refractivity contribution >= 4 is 27.3 Å². The highest BCUT2D eigenvalue weighted by Crippen LogP contribution is 2.19. The lowest BCUT2D eigenvalue weighted by atomic mass is 10.1. The van der Waals surface area contributed by atoms with Crippen LogP contribution in [0.2, 0.25) is 0 Å². The number of nitrogens with one attached hydrogen (secondary N) is 1. The van der Waals surface area contributed by atoms with E-state index in [2.05, 4.69) is 51.4 Å². The highest BCUT2D eigenvalue weighted by atomic mass is 79.9. The number of nitrogens with zero attached hydrogens (tertiary/aromatic N) is 1. The Kier molecular flexibility index (Phi) is 5.21. The Morgan fingerprint density at radius 2 is 2.39 bits per heavy atom. The highest BCUT2D eigenvalue weighted by Gasteiger charge is 2.26. The summed E-state index contributed by atoms with van der Waals surface area (Å²) in [6.07, 6.45) is 0. The maximum Gasteiger partial charge on any atom is 0.0753 e. The SMILES string of the molecule is CC1(C)CN(CCNCc2cc(Br)cs2)CCO1. The van der Waals surface area contributed by atoms with Crippen LogP contribution < -0.4 is 5.32 Å². The quantitative estimate of drug-likeness (QED) is 0.839. The van der Waals surface area contributed by atoms with E-state index in [-0.39, 0.29) is 5.60 Å². The summed E-state index contributed by atoms with van der Waals surface area (Å²) < 4.78 is 6.89. The fourth-order valence-electron chi connectivity index (χ4n) is 2.20. The number of hydrogen-bond donors (Lipinski definition) is 1. The van der Waals surface area contributed by atoms with Gasteiger partial charge in [0.25, 0.3) is 0 Å². The number of hydrogen-bond acceptors (Lipinski definition) is 4. The molecule has 102 valence electrons. The molecule has 0 radical (unpaired) electrons. The zero-order chi connectivity index (χ0) is 13.0. The van der Waals surface area contributed by atoms with Crippen molar-refractivity contribution in [1.29, 1.82) is 0 Å². The second kappa shape index (κ2) is 6.48. The zero-order valence-electron chi connectivity index (χ0n) is 11.0. The van der Waals surface area contributed by atoms with Gasteiger partial charge < -0.3 is 10.1 Å². The molecule has 1 aromatic rings. The molecule has 0 atom stereocenters. The summed E-state index contributed by atoms with van der Waals surface area (Å²) in [4.78, 5) is 3.85. The third kappa shape index (κ3) is 4.63. The summed E-state index contributed by atoms with van der Waals surface area (Å²) in [6.45, 7) is 10.3. The van der Waals surface area contributed by atoms with Crippen LogP contribution in [0, 0.1) is 0 Å². The molecule has 3 nitrogen and oxygen atoms in total. The van der Waals surface area contributed by atoms with Gasteiger partial charge in [0.1, 0.15) is 0 Å². The molecule has 5 heteroatoms. The van der Waals surface area contributed by atoms with E-state index in [1.54, 1.807) is 11.3 Å². The molecule has 0 spiro atoms. The van der Waals surface area contributed by atoms with Crippen LogP contribution in [0.25, 0.3) is 0 Å². The maximum atomic E-state index is 5.71. The molecule has 0 aliphatic carbocycles. The Hall–Kier alpha value is 0.0600. The Balaban J connectivity index is 1.63. The zero-order valence-corrected chi connectivity index (χ0v) is 13.4. The average molecular weight is 333 g/mol. The lowest BCUT2D eigenvalue weighted by Gasteiger charge is -2.38. The van der Waals surface area contributed by atoms with Crippen molar-refractivity contribution in [2.75, 3.05) is 32.8 Å². The van der Waals surface area contributed by atoms with Gasteiger partial charge in [-0.3, -0.25) is 4.90 Å². The van der Waals surface area contributed by atoms with Gasteiger partial charge in [0, 0.05) is 47.5 Å². The first-order chi connectivity index (χ1) is 8.55. The number of ether oxygens (including phenoxy) is 1. The summed E-state index contributed by atoms with van der Waals surface area (Å²) in [5, 5.41) is 5.62. The van der Waals surface area contributed by atoms with Gasteiger partial charge in [-0.05, 0) is 35.8 Å². The van der Waals surface area contributed by atoms with Crippen molar-refractivity contribution in [2.45, 2.75) is 26.0 Å². The molecule has 2 heterocycles. The number of thiophene rings is 1. The van der Waals surface area contributed by atoms with Crippen molar-refractivity contribution in [1.82, 2.24) is 10.2 Å². The molecule has 1 aromatic heterocycles. The molecule has 0 aromatic carbocycles. The fraction of sp³-hybridized carbons (Fsp3) is 0.692. The monoisotopic (exact) mass is 332 g/mol. The lowest BCUT2D eigenvalue weighted by Crippen LogP contribution is -2.49. The fourth-order valence-corrected chi connectivity index (χ4v) is 3.62. The van der Waals surface area contributed by atoms with Crippen LogP contribution in [-0.4, -0.2) is 43.3 Å². The molecule has 1 N–H and O–H groups in total. The van der Waals surface area contributed by atoms with E-state index in [0.29, 0.717) is 0 Å². The van der Waals surface area contributed by atoms with Crippen molar-refractivity contribution in [2.24, 2.45) is 0 Å².